The lowest BCUT2D eigenvalue weighted by molar-refractivity contribution is -0.143. The van der Waals surface area contributed by atoms with Gasteiger partial charge in [0.15, 0.2) is 0 Å². The Hall–Kier alpha value is -1.05. The lowest BCUT2D eigenvalue weighted by atomic mass is 10.5. The molecule has 15 heavy (non-hydrogen) atoms. The van der Waals surface area contributed by atoms with Crippen LogP contribution in [0.4, 0.5) is 13.2 Å². The van der Waals surface area contributed by atoms with Gasteiger partial charge in [-0.2, -0.15) is 18.3 Å². The van der Waals surface area contributed by atoms with Crippen LogP contribution in [0.1, 0.15) is 0 Å². The highest BCUT2D eigenvalue weighted by Gasteiger charge is 2.29. The Morgan fingerprint density at radius 2 is 2.20 bits per heavy atom. The van der Waals surface area contributed by atoms with Crippen molar-refractivity contribution in [2.24, 2.45) is 0 Å². The van der Waals surface area contributed by atoms with E-state index >= 15 is 0 Å². The van der Waals surface area contributed by atoms with Crippen molar-refractivity contribution < 1.29 is 17.9 Å². The quantitative estimate of drug-likeness (QED) is 0.829. The summed E-state index contributed by atoms with van der Waals surface area (Å²) < 4.78 is 41.2. The van der Waals surface area contributed by atoms with E-state index in [2.05, 4.69) is 25.8 Å². The summed E-state index contributed by atoms with van der Waals surface area (Å²) >= 11 is 2.94. The first-order valence-electron chi connectivity index (χ1n) is 3.71. The summed E-state index contributed by atoms with van der Waals surface area (Å²) in [5.74, 6) is -0.200. The highest BCUT2D eigenvalue weighted by molar-refractivity contribution is 9.10. The molecule has 0 spiro atoms. The van der Waals surface area contributed by atoms with Crippen molar-refractivity contribution in [1.29, 1.82) is 0 Å². The number of halogens is 4. The monoisotopic (exact) mass is 286 g/mol. The molecule has 1 aromatic rings. The van der Waals surface area contributed by atoms with Crippen LogP contribution in [-0.2, 0) is 6.54 Å². The average molecular weight is 287 g/mol. The van der Waals surface area contributed by atoms with Gasteiger partial charge in [0.1, 0.15) is 6.54 Å². The van der Waals surface area contributed by atoms with Crippen LogP contribution >= 0.6 is 15.9 Å². The predicted octanol–water partition coefficient (Wildman–Crippen LogP) is 1.58. The van der Waals surface area contributed by atoms with Crippen molar-refractivity contribution in [3.8, 4) is 5.75 Å². The topological polar surface area (TPSA) is 44.1 Å². The second kappa shape index (κ2) is 4.21. The van der Waals surface area contributed by atoms with E-state index in [9.17, 15) is 18.0 Å². The highest BCUT2D eigenvalue weighted by Crippen LogP contribution is 2.20. The summed E-state index contributed by atoms with van der Waals surface area (Å²) in [4.78, 5) is 11.3. The van der Waals surface area contributed by atoms with E-state index in [0.717, 1.165) is 6.20 Å². The van der Waals surface area contributed by atoms with Gasteiger partial charge < -0.3 is 4.74 Å². The number of ether oxygens (including phenoxy) is 1. The molecular weight excluding hydrogens is 281 g/mol. The molecule has 0 N–H and O–H groups in total. The normalized spacial score (nSPS) is 11.5. The molecule has 4 nitrogen and oxygen atoms in total. The fourth-order valence-corrected chi connectivity index (χ4v) is 1.34. The zero-order chi connectivity index (χ0) is 11.6. The first kappa shape index (κ1) is 12.0. The van der Waals surface area contributed by atoms with E-state index in [1.54, 1.807) is 0 Å². The van der Waals surface area contributed by atoms with Crippen molar-refractivity contribution in [3.63, 3.8) is 0 Å². The average Bonchev–Trinajstić information content (AvgIpc) is 2.09. The van der Waals surface area contributed by atoms with Crippen LogP contribution < -0.4 is 10.3 Å². The van der Waals surface area contributed by atoms with Crippen molar-refractivity contribution in [2.75, 3.05) is 7.11 Å². The third-order valence-electron chi connectivity index (χ3n) is 1.49. The Morgan fingerprint density at radius 3 is 2.67 bits per heavy atom. The minimum absolute atomic E-state index is 0.200. The Morgan fingerprint density at radius 1 is 1.60 bits per heavy atom. The maximum atomic E-state index is 12.0. The maximum Gasteiger partial charge on any atom is 0.408 e. The second-order valence-corrected chi connectivity index (χ2v) is 3.46. The first-order chi connectivity index (χ1) is 6.85. The minimum atomic E-state index is -4.49. The van der Waals surface area contributed by atoms with Gasteiger partial charge in [-0.1, -0.05) is 0 Å². The van der Waals surface area contributed by atoms with Crippen molar-refractivity contribution in [3.05, 3.63) is 21.0 Å². The number of alkyl halides is 3. The number of hydrogen-bond donors (Lipinski definition) is 0. The molecule has 1 aromatic heterocycles. The van der Waals surface area contributed by atoms with Crippen LogP contribution in [0.3, 0.4) is 0 Å². The lowest BCUT2D eigenvalue weighted by Crippen LogP contribution is -2.30. The van der Waals surface area contributed by atoms with Gasteiger partial charge in [0.05, 0.1) is 17.8 Å². The maximum absolute atomic E-state index is 12.0. The van der Waals surface area contributed by atoms with Crippen LogP contribution in [0.5, 0.6) is 5.75 Å². The molecule has 0 aliphatic heterocycles. The van der Waals surface area contributed by atoms with Gasteiger partial charge in [-0.25, -0.2) is 4.68 Å². The van der Waals surface area contributed by atoms with Gasteiger partial charge in [-0.05, 0) is 15.9 Å². The molecule has 0 bridgehead atoms. The number of rotatable bonds is 2. The molecular formula is C7H6BrF3N2O2. The number of nitrogens with zero attached hydrogens (tertiary/aromatic N) is 2. The largest absolute Gasteiger partial charge is 0.490 e. The Balaban J connectivity index is 3.17. The van der Waals surface area contributed by atoms with Gasteiger partial charge in [0.25, 0.3) is 0 Å². The van der Waals surface area contributed by atoms with Crippen LogP contribution in [0.25, 0.3) is 0 Å². The Kier molecular flexibility index (Phi) is 3.38. The number of hydrogen-bond acceptors (Lipinski definition) is 3. The molecule has 0 unspecified atom stereocenters. The highest BCUT2D eigenvalue weighted by atomic mass is 79.9. The smallest absolute Gasteiger partial charge is 0.408 e. The third kappa shape index (κ3) is 2.95. The molecule has 1 rings (SSSR count). The predicted molar refractivity (Wildman–Crippen MR) is 48.8 cm³/mol. The van der Waals surface area contributed by atoms with Gasteiger partial charge in [-0.3, -0.25) is 4.79 Å². The molecule has 8 heteroatoms. The number of aromatic nitrogens is 2. The fourth-order valence-electron chi connectivity index (χ4n) is 0.918. The Bertz CT molecular complexity index is 416. The van der Waals surface area contributed by atoms with Crippen LogP contribution in [0.2, 0.25) is 0 Å². The zero-order valence-electron chi connectivity index (χ0n) is 7.51. The van der Waals surface area contributed by atoms with Gasteiger partial charge >= 0.3 is 11.7 Å². The summed E-state index contributed by atoms with van der Waals surface area (Å²) in [6, 6.07) is 0. The van der Waals surface area contributed by atoms with Crippen molar-refractivity contribution in [1.82, 2.24) is 9.78 Å². The van der Waals surface area contributed by atoms with Gasteiger partial charge in [-0.15, -0.1) is 0 Å². The zero-order valence-corrected chi connectivity index (χ0v) is 9.09. The van der Waals surface area contributed by atoms with Gasteiger partial charge in [0.2, 0.25) is 5.75 Å². The molecule has 0 atom stereocenters. The summed E-state index contributed by atoms with van der Waals surface area (Å²) in [6.07, 6.45) is -3.42. The summed E-state index contributed by atoms with van der Waals surface area (Å²) in [6.45, 7) is -1.44. The summed E-state index contributed by atoms with van der Waals surface area (Å²) in [7, 11) is 1.19. The van der Waals surface area contributed by atoms with E-state index in [4.69, 9.17) is 0 Å². The fraction of sp³-hybridized carbons (Fsp3) is 0.429. The van der Waals surface area contributed by atoms with Crippen molar-refractivity contribution >= 4 is 15.9 Å². The van der Waals surface area contributed by atoms with Crippen molar-refractivity contribution in [2.45, 2.75) is 12.7 Å². The minimum Gasteiger partial charge on any atom is -0.490 e. The van der Waals surface area contributed by atoms with Crippen LogP contribution in [-0.4, -0.2) is 23.1 Å². The van der Waals surface area contributed by atoms with E-state index in [-0.39, 0.29) is 10.2 Å². The Labute approximate surface area is 90.8 Å². The number of methoxy groups -OCH3 is 1. The summed E-state index contributed by atoms with van der Waals surface area (Å²) in [5.41, 5.74) is -0.927. The summed E-state index contributed by atoms with van der Waals surface area (Å²) in [5, 5.41) is 3.33. The van der Waals surface area contributed by atoms with E-state index in [1.165, 1.54) is 7.11 Å². The van der Waals surface area contributed by atoms with Gasteiger partial charge in [0, 0.05) is 0 Å². The standard InChI is InChI=1S/C7H6BrF3N2O2/c1-15-5-4(8)2-12-13(6(5)14)3-7(9,10)11/h2H,3H2,1H3. The third-order valence-corrected chi connectivity index (χ3v) is 2.05. The molecule has 0 fully saturated rings. The molecule has 1 heterocycles. The molecule has 84 valence electrons. The molecule has 0 radical (unpaired) electrons. The SMILES string of the molecule is COc1c(Br)cnn(CC(F)(F)F)c1=O. The lowest BCUT2D eigenvalue weighted by Gasteiger charge is -2.09. The molecule has 0 aliphatic carbocycles. The second-order valence-electron chi connectivity index (χ2n) is 2.60. The molecule has 0 aliphatic rings. The van der Waals surface area contributed by atoms with E-state index in [1.807, 2.05) is 0 Å². The first-order valence-corrected chi connectivity index (χ1v) is 4.51. The molecule has 0 saturated heterocycles. The molecule has 0 saturated carbocycles. The van der Waals surface area contributed by atoms with E-state index < -0.39 is 18.3 Å². The van der Waals surface area contributed by atoms with E-state index in [0.29, 0.717) is 4.68 Å². The van der Waals surface area contributed by atoms with Crippen LogP contribution in [0, 0.1) is 0 Å². The molecule has 0 aromatic carbocycles. The van der Waals surface area contributed by atoms with Crippen LogP contribution in [0.15, 0.2) is 15.5 Å². The molecule has 0 amide bonds.